The van der Waals surface area contributed by atoms with Crippen LogP contribution in [-0.2, 0) is 29.3 Å². The Hall–Kier alpha value is -5.05. The van der Waals surface area contributed by atoms with Gasteiger partial charge in [0.2, 0.25) is 5.91 Å². The van der Waals surface area contributed by atoms with Crippen LogP contribution in [0.4, 0.5) is 10.1 Å². The van der Waals surface area contributed by atoms with Crippen molar-refractivity contribution in [3.8, 4) is 0 Å². The summed E-state index contributed by atoms with van der Waals surface area (Å²) < 4.78 is 25.7. The maximum Gasteiger partial charge on any atom is 0.355 e. The number of esters is 2. The van der Waals surface area contributed by atoms with E-state index in [2.05, 4.69) is 0 Å². The lowest BCUT2D eigenvalue weighted by Gasteiger charge is -2.52. The number of amides is 1. The fourth-order valence-electron chi connectivity index (χ4n) is 6.99. The molecule has 3 atom stereocenters. The van der Waals surface area contributed by atoms with Crippen LogP contribution < -0.4 is 4.90 Å². The van der Waals surface area contributed by atoms with Crippen LogP contribution in [-0.4, -0.2) is 49.3 Å². The van der Waals surface area contributed by atoms with Crippen LogP contribution in [0.1, 0.15) is 52.9 Å². The number of nitrogens with zero attached hydrogens (tertiary/aromatic N) is 2. The molecule has 3 aromatic rings. The molecular formula is C35H31FN2O6. The number of Topliss-reactive ketones (excluding diaryl/α,β-unsaturated/α-hetero) is 1. The van der Waals surface area contributed by atoms with Gasteiger partial charge in [-0.3, -0.25) is 9.59 Å². The Morgan fingerprint density at radius 3 is 2.34 bits per heavy atom. The smallest absolute Gasteiger partial charge is 0.355 e. The van der Waals surface area contributed by atoms with E-state index < -0.39 is 46.8 Å². The number of fused-ring (bicyclic) bond motifs is 6. The van der Waals surface area contributed by atoms with E-state index in [9.17, 15) is 14.4 Å². The molecule has 0 saturated carbocycles. The molecule has 1 amide bonds. The molecule has 9 heteroatoms. The highest BCUT2D eigenvalue weighted by Crippen LogP contribution is 2.62. The van der Waals surface area contributed by atoms with Crippen molar-refractivity contribution >= 4 is 35.4 Å². The van der Waals surface area contributed by atoms with Crippen LogP contribution >= 0.6 is 0 Å². The predicted octanol–water partition coefficient (Wildman–Crippen LogP) is 5.35. The summed E-state index contributed by atoms with van der Waals surface area (Å²) in [5.41, 5.74) is -0.100. The topological polar surface area (TPSA) is 93.2 Å². The fourth-order valence-corrected chi connectivity index (χ4v) is 6.99. The second kappa shape index (κ2) is 11.2. The number of ketones is 1. The minimum atomic E-state index is -1.87. The Labute approximate surface area is 254 Å². The van der Waals surface area contributed by atoms with E-state index in [1.54, 1.807) is 59.6 Å². The van der Waals surface area contributed by atoms with Gasteiger partial charge in [0, 0.05) is 24.0 Å². The van der Waals surface area contributed by atoms with Crippen LogP contribution in [0.25, 0.3) is 6.08 Å². The largest absolute Gasteiger partial charge is 0.466 e. The summed E-state index contributed by atoms with van der Waals surface area (Å²) >= 11 is 0. The van der Waals surface area contributed by atoms with E-state index >= 15 is 9.18 Å². The summed E-state index contributed by atoms with van der Waals surface area (Å²) in [6.07, 6.45) is 4.79. The zero-order valence-corrected chi connectivity index (χ0v) is 24.6. The van der Waals surface area contributed by atoms with Crippen LogP contribution in [0.3, 0.4) is 0 Å². The van der Waals surface area contributed by atoms with Crippen molar-refractivity contribution < 1.29 is 33.0 Å². The average molecular weight is 595 g/mol. The molecule has 1 unspecified atom stereocenters. The van der Waals surface area contributed by atoms with E-state index in [1.807, 2.05) is 25.1 Å². The van der Waals surface area contributed by atoms with Crippen molar-refractivity contribution in [2.75, 3.05) is 25.7 Å². The molecule has 3 aliphatic rings. The van der Waals surface area contributed by atoms with E-state index in [-0.39, 0.29) is 22.4 Å². The molecule has 44 heavy (non-hydrogen) atoms. The first kappa shape index (κ1) is 29.0. The Kier molecular flexibility index (Phi) is 7.41. The molecule has 0 N–H and O–H groups in total. The maximum absolute atomic E-state index is 15.3. The highest BCUT2D eigenvalue weighted by atomic mass is 19.1. The SMILES string of the molecule is CCCCN1C(=O)[C@]2(c3cc(F)ccc31)C(C(=O)c1ccccc1)C(C(=O)OC)=C(C(=O)OC)N1C=Cc3ccccc3[C@@H]12. The molecular weight excluding hydrogens is 563 g/mol. The molecule has 0 aliphatic carbocycles. The van der Waals surface area contributed by atoms with Gasteiger partial charge in [-0.05, 0) is 47.4 Å². The number of carbonyl (C=O) groups is 4. The second-order valence-electron chi connectivity index (χ2n) is 11.0. The Balaban J connectivity index is 1.81. The normalized spacial score (nSPS) is 21.6. The minimum Gasteiger partial charge on any atom is -0.466 e. The highest BCUT2D eigenvalue weighted by Gasteiger charge is 2.69. The predicted molar refractivity (Wildman–Crippen MR) is 161 cm³/mol. The molecule has 0 aromatic heterocycles. The number of ether oxygens (including phenoxy) is 2. The molecule has 8 nitrogen and oxygen atoms in total. The lowest BCUT2D eigenvalue weighted by molar-refractivity contribution is -0.144. The monoisotopic (exact) mass is 594 g/mol. The van der Waals surface area contributed by atoms with Gasteiger partial charge in [-0.25, -0.2) is 14.0 Å². The van der Waals surface area contributed by atoms with Crippen molar-refractivity contribution in [1.82, 2.24) is 4.90 Å². The summed E-state index contributed by atoms with van der Waals surface area (Å²) in [5.74, 6) is -5.08. The van der Waals surface area contributed by atoms with Crippen LogP contribution in [0.2, 0.25) is 0 Å². The molecule has 3 aromatic carbocycles. The summed E-state index contributed by atoms with van der Waals surface area (Å²) in [7, 11) is 2.32. The zero-order valence-electron chi connectivity index (χ0n) is 24.6. The van der Waals surface area contributed by atoms with Crippen LogP contribution in [0, 0.1) is 11.7 Å². The van der Waals surface area contributed by atoms with Crippen molar-refractivity contribution in [1.29, 1.82) is 0 Å². The Morgan fingerprint density at radius 1 is 0.932 bits per heavy atom. The molecule has 0 fully saturated rings. The molecule has 3 heterocycles. The quantitative estimate of drug-likeness (QED) is 0.269. The number of hydrogen-bond donors (Lipinski definition) is 0. The van der Waals surface area contributed by atoms with Gasteiger partial charge in [0.15, 0.2) is 5.78 Å². The standard InChI is InChI=1S/C35H31FN2O6/c1-4-5-18-37-26-16-15-23(36)20-25(26)35(34(37)42)28(30(39)22-12-7-6-8-13-22)27(32(40)43-2)29(33(41)44-3)38-19-17-21-11-9-10-14-24(21)31(35)38/h6-17,19-20,28,31H,4-5,18H2,1-3H3/t28?,31-,35-/m1/s1. The molecule has 6 rings (SSSR count). The van der Waals surface area contributed by atoms with Gasteiger partial charge in [-0.15, -0.1) is 0 Å². The summed E-state index contributed by atoms with van der Waals surface area (Å²) in [6.45, 7) is 2.31. The summed E-state index contributed by atoms with van der Waals surface area (Å²) in [6, 6.07) is 18.7. The van der Waals surface area contributed by atoms with Gasteiger partial charge >= 0.3 is 11.9 Å². The van der Waals surface area contributed by atoms with Gasteiger partial charge in [-0.1, -0.05) is 67.9 Å². The highest BCUT2D eigenvalue weighted by molar-refractivity contribution is 6.19. The first-order chi connectivity index (χ1) is 21.3. The molecule has 0 saturated heterocycles. The van der Waals surface area contributed by atoms with Gasteiger partial charge in [-0.2, -0.15) is 0 Å². The number of benzene rings is 3. The number of unbranched alkanes of at least 4 members (excludes halogenated alkanes) is 1. The van der Waals surface area contributed by atoms with Crippen molar-refractivity contribution in [2.24, 2.45) is 5.92 Å². The van der Waals surface area contributed by atoms with E-state index in [0.29, 0.717) is 24.2 Å². The van der Waals surface area contributed by atoms with E-state index in [4.69, 9.17) is 9.47 Å². The number of halogens is 1. The number of anilines is 1. The molecule has 224 valence electrons. The van der Waals surface area contributed by atoms with Crippen LogP contribution in [0.15, 0.2) is 90.3 Å². The van der Waals surface area contributed by atoms with Crippen LogP contribution in [0.5, 0.6) is 0 Å². The molecule has 3 aliphatic heterocycles. The van der Waals surface area contributed by atoms with Gasteiger partial charge in [0.05, 0.1) is 31.8 Å². The fraction of sp³-hybridized carbons (Fsp3) is 0.257. The Bertz CT molecular complexity index is 1750. The number of rotatable bonds is 7. The molecule has 0 bridgehead atoms. The number of hydrogen-bond acceptors (Lipinski definition) is 7. The third-order valence-electron chi connectivity index (χ3n) is 8.81. The summed E-state index contributed by atoms with van der Waals surface area (Å²) in [4.78, 5) is 60.8. The van der Waals surface area contributed by atoms with E-state index in [0.717, 1.165) is 19.1 Å². The molecule has 0 radical (unpaired) electrons. The van der Waals surface area contributed by atoms with Gasteiger partial charge in [0.25, 0.3) is 0 Å². The molecule has 1 spiro atoms. The van der Waals surface area contributed by atoms with Crippen molar-refractivity contribution in [3.63, 3.8) is 0 Å². The average Bonchev–Trinajstić information content (AvgIpc) is 3.29. The minimum absolute atomic E-state index is 0.215. The van der Waals surface area contributed by atoms with Crippen molar-refractivity contribution in [2.45, 2.75) is 31.2 Å². The lowest BCUT2D eigenvalue weighted by Crippen LogP contribution is -2.61. The number of carbonyl (C=O) groups excluding carboxylic acids is 4. The Morgan fingerprint density at radius 2 is 1.64 bits per heavy atom. The number of methoxy groups -OCH3 is 2. The summed E-state index contributed by atoms with van der Waals surface area (Å²) in [5, 5.41) is 0. The van der Waals surface area contributed by atoms with Crippen molar-refractivity contribution in [3.05, 3.63) is 118 Å². The third kappa shape index (κ3) is 4.10. The zero-order chi connectivity index (χ0) is 31.2. The first-order valence-electron chi connectivity index (χ1n) is 14.5. The van der Waals surface area contributed by atoms with E-state index in [1.165, 1.54) is 24.1 Å². The third-order valence-corrected chi connectivity index (χ3v) is 8.81. The van der Waals surface area contributed by atoms with Gasteiger partial charge in [0.1, 0.15) is 16.9 Å². The first-order valence-corrected chi connectivity index (χ1v) is 14.5. The maximum atomic E-state index is 15.3. The second-order valence-corrected chi connectivity index (χ2v) is 11.0. The van der Waals surface area contributed by atoms with Gasteiger partial charge < -0.3 is 19.3 Å². The lowest BCUT2D eigenvalue weighted by atomic mass is 9.56.